The Balaban J connectivity index is 1.91. The summed E-state index contributed by atoms with van der Waals surface area (Å²) in [5.41, 5.74) is 0.487. The summed E-state index contributed by atoms with van der Waals surface area (Å²) in [6, 6.07) is 10.9. The topological polar surface area (TPSA) is 71.1 Å². The van der Waals surface area contributed by atoms with E-state index in [1.807, 2.05) is 24.3 Å². The van der Waals surface area contributed by atoms with Gasteiger partial charge in [-0.25, -0.2) is 0 Å². The fraction of sp³-hybridized carbons (Fsp3) is 0.278. The molecule has 0 fully saturated rings. The van der Waals surface area contributed by atoms with Gasteiger partial charge >= 0.3 is 0 Å². The van der Waals surface area contributed by atoms with Crippen molar-refractivity contribution < 1.29 is 9.59 Å². The predicted molar refractivity (Wildman–Crippen MR) is 93.2 cm³/mol. The van der Waals surface area contributed by atoms with Gasteiger partial charge in [-0.05, 0) is 37.1 Å². The van der Waals surface area contributed by atoms with E-state index >= 15 is 0 Å². The summed E-state index contributed by atoms with van der Waals surface area (Å²) in [7, 11) is 0. The van der Waals surface area contributed by atoms with Crippen molar-refractivity contribution in [1.82, 2.24) is 15.6 Å². The van der Waals surface area contributed by atoms with Gasteiger partial charge in [-0.2, -0.15) is 0 Å². The zero-order valence-corrected chi connectivity index (χ0v) is 14.4. The van der Waals surface area contributed by atoms with E-state index in [-0.39, 0.29) is 18.4 Å². The number of carbonyl (C=O) groups is 2. The standard InChI is InChI=1S/C18H20ClN3O2/c1-18(2,16(23)21-11-13-6-5-9-20-10-13)17(24)22-12-14-7-3-4-8-15(14)19/h3-10H,11-12H2,1-2H3,(H,21,23)(H,22,24). The summed E-state index contributed by atoms with van der Waals surface area (Å²) in [5.74, 6) is -0.700. The molecule has 0 unspecified atom stereocenters. The van der Waals surface area contributed by atoms with Gasteiger partial charge in [0.25, 0.3) is 0 Å². The number of amides is 2. The molecular weight excluding hydrogens is 326 g/mol. The van der Waals surface area contributed by atoms with Gasteiger partial charge in [0.05, 0.1) is 0 Å². The van der Waals surface area contributed by atoms with Crippen molar-refractivity contribution in [2.45, 2.75) is 26.9 Å². The molecule has 2 aromatic rings. The van der Waals surface area contributed by atoms with Crippen molar-refractivity contribution in [3.8, 4) is 0 Å². The van der Waals surface area contributed by atoms with Crippen LogP contribution in [-0.2, 0) is 22.7 Å². The number of rotatable bonds is 6. The van der Waals surface area contributed by atoms with E-state index in [1.165, 1.54) is 0 Å². The lowest BCUT2D eigenvalue weighted by molar-refractivity contribution is -0.141. The van der Waals surface area contributed by atoms with Crippen LogP contribution in [0, 0.1) is 5.41 Å². The summed E-state index contributed by atoms with van der Waals surface area (Å²) in [6.07, 6.45) is 3.34. The Bertz CT molecular complexity index is 717. The molecule has 0 aliphatic rings. The zero-order valence-electron chi connectivity index (χ0n) is 13.7. The third-order valence-electron chi connectivity index (χ3n) is 3.71. The maximum absolute atomic E-state index is 12.4. The van der Waals surface area contributed by atoms with Crippen LogP contribution in [-0.4, -0.2) is 16.8 Å². The maximum atomic E-state index is 12.4. The largest absolute Gasteiger partial charge is 0.351 e. The van der Waals surface area contributed by atoms with Crippen LogP contribution in [0.5, 0.6) is 0 Å². The first-order chi connectivity index (χ1) is 11.4. The third-order valence-corrected chi connectivity index (χ3v) is 4.08. The lowest BCUT2D eigenvalue weighted by Crippen LogP contribution is -2.47. The molecule has 1 aromatic carbocycles. The number of benzene rings is 1. The highest BCUT2D eigenvalue weighted by Gasteiger charge is 2.35. The first-order valence-corrected chi connectivity index (χ1v) is 7.98. The van der Waals surface area contributed by atoms with Crippen LogP contribution in [0.15, 0.2) is 48.8 Å². The second-order valence-corrected chi connectivity index (χ2v) is 6.35. The van der Waals surface area contributed by atoms with Crippen molar-refractivity contribution in [1.29, 1.82) is 0 Å². The maximum Gasteiger partial charge on any atom is 0.235 e. The van der Waals surface area contributed by atoms with E-state index < -0.39 is 5.41 Å². The molecule has 5 nitrogen and oxygen atoms in total. The van der Waals surface area contributed by atoms with Crippen LogP contribution in [0.4, 0.5) is 0 Å². The first kappa shape index (κ1) is 17.9. The lowest BCUT2D eigenvalue weighted by atomic mass is 9.91. The number of nitrogens with one attached hydrogen (secondary N) is 2. The molecule has 2 rings (SSSR count). The van der Waals surface area contributed by atoms with E-state index in [4.69, 9.17) is 11.6 Å². The molecular formula is C18H20ClN3O2. The van der Waals surface area contributed by atoms with Gasteiger partial charge in [0.2, 0.25) is 11.8 Å². The Labute approximate surface area is 146 Å². The summed E-state index contributed by atoms with van der Waals surface area (Å²) >= 11 is 6.07. The minimum absolute atomic E-state index is 0.276. The van der Waals surface area contributed by atoms with Gasteiger partial charge in [-0.15, -0.1) is 0 Å². The second kappa shape index (κ2) is 7.93. The first-order valence-electron chi connectivity index (χ1n) is 7.60. The Morgan fingerprint density at radius 3 is 2.33 bits per heavy atom. The number of nitrogens with zero attached hydrogens (tertiary/aromatic N) is 1. The van der Waals surface area contributed by atoms with E-state index in [0.29, 0.717) is 11.6 Å². The number of aromatic nitrogens is 1. The monoisotopic (exact) mass is 345 g/mol. The van der Waals surface area contributed by atoms with Crippen molar-refractivity contribution in [2.24, 2.45) is 5.41 Å². The van der Waals surface area contributed by atoms with Crippen LogP contribution < -0.4 is 10.6 Å². The van der Waals surface area contributed by atoms with Crippen molar-refractivity contribution >= 4 is 23.4 Å². The molecule has 1 heterocycles. The molecule has 0 saturated heterocycles. The van der Waals surface area contributed by atoms with Crippen molar-refractivity contribution in [2.75, 3.05) is 0 Å². The smallest absolute Gasteiger partial charge is 0.235 e. The van der Waals surface area contributed by atoms with Gasteiger partial charge in [0.15, 0.2) is 0 Å². The fourth-order valence-corrected chi connectivity index (χ4v) is 2.25. The van der Waals surface area contributed by atoms with Gasteiger partial charge in [0, 0.05) is 30.5 Å². The minimum Gasteiger partial charge on any atom is -0.351 e. The van der Waals surface area contributed by atoms with Crippen LogP contribution in [0.3, 0.4) is 0 Å². The van der Waals surface area contributed by atoms with Crippen LogP contribution >= 0.6 is 11.6 Å². The molecule has 0 spiro atoms. The fourth-order valence-electron chi connectivity index (χ4n) is 2.05. The van der Waals surface area contributed by atoms with E-state index in [0.717, 1.165) is 11.1 Å². The SMILES string of the molecule is CC(C)(C(=O)NCc1cccnc1)C(=O)NCc1ccccc1Cl. The van der Waals surface area contributed by atoms with Crippen molar-refractivity contribution in [3.63, 3.8) is 0 Å². The van der Waals surface area contributed by atoms with Crippen molar-refractivity contribution in [3.05, 3.63) is 64.9 Å². The third kappa shape index (κ3) is 4.55. The van der Waals surface area contributed by atoms with Crippen LogP contribution in [0.25, 0.3) is 0 Å². The molecule has 2 amide bonds. The molecule has 2 N–H and O–H groups in total. The number of halogens is 1. The van der Waals surface area contributed by atoms with Gasteiger partial charge in [0.1, 0.15) is 5.41 Å². The molecule has 0 saturated carbocycles. The molecule has 0 bridgehead atoms. The Kier molecular flexibility index (Phi) is 5.93. The molecule has 24 heavy (non-hydrogen) atoms. The quantitative estimate of drug-likeness (QED) is 0.791. The van der Waals surface area contributed by atoms with E-state index in [2.05, 4.69) is 15.6 Å². The summed E-state index contributed by atoms with van der Waals surface area (Å²) < 4.78 is 0. The predicted octanol–water partition coefficient (Wildman–Crippen LogP) is 2.69. The van der Waals surface area contributed by atoms with Crippen LogP contribution in [0.1, 0.15) is 25.0 Å². The molecule has 0 atom stereocenters. The molecule has 6 heteroatoms. The Morgan fingerprint density at radius 2 is 1.71 bits per heavy atom. The average molecular weight is 346 g/mol. The molecule has 0 aliphatic carbocycles. The number of carbonyl (C=O) groups excluding carboxylic acids is 2. The summed E-state index contributed by atoms with van der Waals surface area (Å²) in [6.45, 7) is 3.78. The Morgan fingerprint density at radius 1 is 1.04 bits per heavy atom. The summed E-state index contributed by atoms with van der Waals surface area (Å²) in [4.78, 5) is 28.7. The highest BCUT2D eigenvalue weighted by atomic mass is 35.5. The molecule has 0 radical (unpaired) electrons. The normalized spacial score (nSPS) is 11.0. The number of hydrogen-bond acceptors (Lipinski definition) is 3. The second-order valence-electron chi connectivity index (χ2n) is 5.94. The molecule has 126 valence electrons. The highest BCUT2D eigenvalue weighted by Crippen LogP contribution is 2.18. The molecule has 0 aliphatic heterocycles. The highest BCUT2D eigenvalue weighted by molar-refractivity contribution is 6.31. The Hall–Kier alpha value is -2.40. The number of pyridine rings is 1. The number of hydrogen-bond donors (Lipinski definition) is 2. The van der Waals surface area contributed by atoms with Gasteiger partial charge in [-0.1, -0.05) is 35.9 Å². The van der Waals surface area contributed by atoms with E-state index in [9.17, 15) is 9.59 Å². The van der Waals surface area contributed by atoms with Gasteiger partial charge < -0.3 is 10.6 Å². The van der Waals surface area contributed by atoms with Gasteiger partial charge in [-0.3, -0.25) is 14.6 Å². The van der Waals surface area contributed by atoms with E-state index in [1.54, 1.807) is 38.4 Å². The minimum atomic E-state index is -1.19. The lowest BCUT2D eigenvalue weighted by Gasteiger charge is -2.23. The average Bonchev–Trinajstić information content (AvgIpc) is 2.59. The van der Waals surface area contributed by atoms with Crippen LogP contribution in [0.2, 0.25) is 5.02 Å². The zero-order chi connectivity index (χ0) is 17.6. The summed E-state index contributed by atoms with van der Waals surface area (Å²) in [5, 5.41) is 6.11. The molecule has 1 aromatic heterocycles.